The molecule has 1 rings (SSSR count). The van der Waals surface area contributed by atoms with E-state index in [0.29, 0.717) is 29.1 Å². The molecular formula is C15H23N3O4S. The van der Waals surface area contributed by atoms with E-state index >= 15 is 0 Å². The topological polar surface area (TPSA) is 108 Å². The summed E-state index contributed by atoms with van der Waals surface area (Å²) in [6, 6.07) is -0.770. The van der Waals surface area contributed by atoms with Gasteiger partial charge in [0.05, 0.1) is 11.1 Å². The number of carbonyl (C=O) groups is 3. The number of aldehydes is 1. The monoisotopic (exact) mass is 341 g/mol. The molecule has 0 aliphatic rings. The van der Waals surface area contributed by atoms with Crippen molar-refractivity contribution in [1.29, 1.82) is 0 Å². The first-order chi connectivity index (χ1) is 10.7. The Kier molecular flexibility index (Phi) is 6.83. The third-order valence-electron chi connectivity index (χ3n) is 3.15. The van der Waals surface area contributed by atoms with Crippen molar-refractivity contribution in [1.82, 2.24) is 10.3 Å². The van der Waals surface area contributed by atoms with Crippen LogP contribution in [0.5, 0.6) is 0 Å². The highest BCUT2D eigenvalue weighted by atomic mass is 32.1. The van der Waals surface area contributed by atoms with E-state index in [-0.39, 0.29) is 0 Å². The normalized spacial score (nSPS) is 14.0. The second-order valence-electron chi connectivity index (χ2n) is 6.29. The molecule has 0 saturated carbocycles. The average molecular weight is 341 g/mol. The van der Waals surface area contributed by atoms with Crippen molar-refractivity contribution >= 4 is 34.6 Å². The van der Waals surface area contributed by atoms with Crippen molar-refractivity contribution in [2.24, 2.45) is 5.41 Å². The zero-order valence-electron chi connectivity index (χ0n) is 13.8. The Bertz CT molecular complexity index is 565. The Balaban J connectivity index is 2.74. The fraction of sp³-hybridized carbons (Fsp3) is 0.600. The lowest BCUT2D eigenvalue weighted by molar-refractivity contribution is -0.137. The van der Waals surface area contributed by atoms with E-state index in [1.54, 1.807) is 20.8 Å². The standard InChI is InChI=1S/C15H23N3O4S/c1-5-6-10(17-13(22)11(20)15(2,3)4)12(21)18-14-16-7-9(8-19)23-14/h7-8,10-11,20H,5-6H2,1-4H3,(H,17,22)(H,16,18,21)/t10-,11?/m0/s1. The van der Waals surface area contributed by atoms with Gasteiger partial charge in [0.1, 0.15) is 12.1 Å². The van der Waals surface area contributed by atoms with Gasteiger partial charge in [-0.25, -0.2) is 4.98 Å². The lowest BCUT2D eigenvalue weighted by Crippen LogP contribution is -2.50. The highest BCUT2D eigenvalue weighted by molar-refractivity contribution is 7.17. The molecule has 0 saturated heterocycles. The van der Waals surface area contributed by atoms with Crippen molar-refractivity contribution in [3.63, 3.8) is 0 Å². The number of nitrogens with one attached hydrogen (secondary N) is 2. The number of amides is 2. The molecule has 2 amide bonds. The van der Waals surface area contributed by atoms with Crippen LogP contribution in [0.3, 0.4) is 0 Å². The van der Waals surface area contributed by atoms with Crippen molar-refractivity contribution in [3.8, 4) is 0 Å². The number of anilines is 1. The molecule has 0 spiro atoms. The number of aliphatic hydroxyl groups is 1. The van der Waals surface area contributed by atoms with E-state index in [9.17, 15) is 19.5 Å². The number of carbonyl (C=O) groups excluding carboxylic acids is 3. The smallest absolute Gasteiger partial charge is 0.250 e. The highest BCUT2D eigenvalue weighted by Gasteiger charge is 2.31. The molecule has 1 aromatic rings. The summed E-state index contributed by atoms with van der Waals surface area (Å²) in [6.07, 6.45) is 1.92. The first-order valence-electron chi connectivity index (χ1n) is 7.39. The Labute approximate surface area is 139 Å². The number of hydrogen-bond acceptors (Lipinski definition) is 6. The molecule has 0 aliphatic carbocycles. The molecule has 0 aliphatic heterocycles. The van der Waals surface area contributed by atoms with Gasteiger partial charge in [0.25, 0.3) is 0 Å². The van der Waals surface area contributed by atoms with Crippen LogP contribution in [0, 0.1) is 5.41 Å². The molecule has 1 unspecified atom stereocenters. The minimum atomic E-state index is -1.21. The van der Waals surface area contributed by atoms with Crippen molar-refractivity contribution < 1.29 is 19.5 Å². The van der Waals surface area contributed by atoms with Gasteiger partial charge in [-0.1, -0.05) is 45.5 Å². The third kappa shape index (κ3) is 5.72. The van der Waals surface area contributed by atoms with Crippen LogP contribution >= 0.6 is 11.3 Å². The van der Waals surface area contributed by atoms with Crippen LogP contribution in [0.1, 0.15) is 50.2 Å². The van der Waals surface area contributed by atoms with Crippen LogP contribution in [0.25, 0.3) is 0 Å². The molecule has 0 bridgehead atoms. The second kappa shape index (κ2) is 8.16. The van der Waals surface area contributed by atoms with E-state index in [0.717, 1.165) is 11.3 Å². The summed E-state index contributed by atoms with van der Waals surface area (Å²) in [7, 11) is 0. The SMILES string of the molecule is CCC[C@H](NC(=O)C(O)C(C)(C)C)C(=O)Nc1ncc(C=O)s1. The Morgan fingerprint density at radius 3 is 2.52 bits per heavy atom. The maximum Gasteiger partial charge on any atom is 0.250 e. The average Bonchev–Trinajstić information content (AvgIpc) is 2.92. The lowest BCUT2D eigenvalue weighted by atomic mass is 9.88. The fourth-order valence-corrected chi connectivity index (χ4v) is 2.43. The summed E-state index contributed by atoms with van der Waals surface area (Å²) >= 11 is 1.05. The molecule has 1 heterocycles. The van der Waals surface area contributed by atoms with Gasteiger partial charge >= 0.3 is 0 Å². The van der Waals surface area contributed by atoms with Gasteiger partial charge in [0.15, 0.2) is 11.4 Å². The number of aliphatic hydroxyl groups excluding tert-OH is 1. The molecule has 1 aromatic heterocycles. The molecule has 2 atom stereocenters. The lowest BCUT2D eigenvalue weighted by Gasteiger charge is -2.26. The van der Waals surface area contributed by atoms with E-state index in [1.165, 1.54) is 6.20 Å². The van der Waals surface area contributed by atoms with Gasteiger partial charge in [-0.15, -0.1) is 0 Å². The summed E-state index contributed by atoms with van der Waals surface area (Å²) in [5, 5.41) is 15.4. The molecule has 0 radical (unpaired) electrons. The van der Waals surface area contributed by atoms with E-state index < -0.39 is 29.4 Å². The predicted molar refractivity (Wildman–Crippen MR) is 88.4 cm³/mol. The van der Waals surface area contributed by atoms with Crippen molar-refractivity contribution in [2.75, 3.05) is 5.32 Å². The first kappa shape index (κ1) is 19.2. The third-order valence-corrected chi connectivity index (χ3v) is 3.99. The number of nitrogens with zero attached hydrogens (tertiary/aromatic N) is 1. The molecule has 3 N–H and O–H groups in total. The van der Waals surface area contributed by atoms with Crippen LogP contribution in [-0.4, -0.2) is 40.3 Å². The summed E-state index contributed by atoms with van der Waals surface area (Å²) in [6.45, 7) is 7.11. The molecular weight excluding hydrogens is 318 g/mol. The van der Waals surface area contributed by atoms with E-state index in [2.05, 4.69) is 15.6 Å². The van der Waals surface area contributed by atoms with E-state index in [4.69, 9.17) is 0 Å². The van der Waals surface area contributed by atoms with Crippen LogP contribution < -0.4 is 10.6 Å². The molecule has 7 nitrogen and oxygen atoms in total. The summed E-state index contributed by atoms with van der Waals surface area (Å²) < 4.78 is 0. The highest BCUT2D eigenvalue weighted by Crippen LogP contribution is 2.20. The fourth-order valence-electron chi connectivity index (χ4n) is 1.79. The van der Waals surface area contributed by atoms with Crippen LogP contribution in [0.4, 0.5) is 5.13 Å². The summed E-state index contributed by atoms with van der Waals surface area (Å²) in [5.74, 6) is -1.01. The number of aromatic nitrogens is 1. The van der Waals surface area contributed by atoms with Gasteiger partial charge in [-0.05, 0) is 11.8 Å². The Hall–Kier alpha value is -1.80. The molecule has 0 fully saturated rings. The second-order valence-corrected chi connectivity index (χ2v) is 7.36. The van der Waals surface area contributed by atoms with Gasteiger partial charge in [0, 0.05) is 0 Å². The van der Waals surface area contributed by atoms with Gasteiger partial charge < -0.3 is 15.7 Å². The van der Waals surface area contributed by atoms with Crippen molar-refractivity contribution in [2.45, 2.75) is 52.7 Å². The summed E-state index contributed by atoms with van der Waals surface area (Å²) in [5.41, 5.74) is -0.620. The minimum absolute atomic E-state index is 0.295. The Morgan fingerprint density at radius 1 is 1.39 bits per heavy atom. The number of thiazole rings is 1. The summed E-state index contributed by atoms with van der Waals surface area (Å²) in [4.78, 5) is 39.3. The van der Waals surface area contributed by atoms with Crippen molar-refractivity contribution in [3.05, 3.63) is 11.1 Å². The molecule has 23 heavy (non-hydrogen) atoms. The minimum Gasteiger partial charge on any atom is -0.383 e. The maximum atomic E-state index is 12.3. The zero-order valence-corrected chi connectivity index (χ0v) is 14.6. The molecule has 128 valence electrons. The van der Waals surface area contributed by atoms with Crippen LogP contribution in [0.15, 0.2) is 6.20 Å². The predicted octanol–water partition coefficient (Wildman–Crippen LogP) is 1.59. The quantitative estimate of drug-likeness (QED) is 0.653. The van der Waals surface area contributed by atoms with Crippen LogP contribution in [-0.2, 0) is 9.59 Å². The number of rotatable bonds is 7. The number of hydrogen-bond donors (Lipinski definition) is 3. The van der Waals surface area contributed by atoms with Crippen LogP contribution in [0.2, 0.25) is 0 Å². The first-order valence-corrected chi connectivity index (χ1v) is 8.21. The van der Waals surface area contributed by atoms with E-state index in [1.807, 2.05) is 6.92 Å². The zero-order chi connectivity index (χ0) is 17.6. The van der Waals surface area contributed by atoms with Gasteiger partial charge in [-0.2, -0.15) is 0 Å². The maximum absolute atomic E-state index is 12.3. The molecule has 8 heteroatoms. The largest absolute Gasteiger partial charge is 0.383 e. The van der Waals surface area contributed by atoms with Gasteiger partial charge in [-0.3, -0.25) is 14.4 Å². The molecule has 0 aromatic carbocycles. The Morgan fingerprint density at radius 2 is 2.04 bits per heavy atom. The van der Waals surface area contributed by atoms with Gasteiger partial charge in [0.2, 0.25) is 11.8 Å².